The minimum Gasteiger partial charge on any atom is -0.249 e. The zero-order chi connectivity index (χ0) is 31.8. The summed E-state index contributed by atoms with van der Waals surface area (Å²) in [6.07, 6.45) is -10.4. The molecule has 5 aromatic carbocycles. The van der Waals surface area contributed by atoms with Crippen LogP contribution in [0.2, 0.25) is 0 Å². The van der Waals surface area contributed by atoms with Gasteiger partial charge in [0.05, 0.1) is 33.5 Å². The van der Waals surface area contributed by atoms with Crippen LogP contribution in [0, 0.1) is 0 Å². The molecule has 3 aromatic heterocycles. The molecule has 3 atom stereocenters. The van der Waals surface area contributed by atoms with Crippen molar-refractivity contribution in [2.45, 2.75) is 29.6 Å². The lowest BCUT2D eigenvalue weighted by Gasteiger charge is -2.58. The van der Waals surface area contributed by atoms with Crippen molar-refractivity contribution in [3.8, 4) is 0 Å². The van der Waals surface area contributed by atoms with Crippen LogP contribution in [0.5, 0.6) is 0 Å². The Morgan fingerprint density at radius 3 is 1.53 bits per heavy atom. The van der Waals surface area contributed by atoms with Gasteiger partial charge in [0, 0.05) is 57.6 Å². The van der Waals surface area contributed by atoms with Crippen molar-refractivity contribution in [2.75, 3.05) is 0 Å². The lowest BCUT2D eigenvalue weighted by atomic mass is 9.43. The molecule has 1 spiro atoms. The van der Waals surface area contributed by atoms with Gasteiger partial charge in [-0.1, -0.05) is 36.4 Å². The van der Waals surface area contributed by atoms with Crippen molar-refractivity contribution in [1.29, 1.82) is 0 Å². The van der Waals surface area contributed by atoms with Crippen LogP contribution >= 0.6 is 22.7 Å². The van der Waals surface area contributed by atoms with E-state index < -0.39 is 28.9 Å². The Bertz CT molecular complexity index is 2760. The second-order valence-electron chi connectivity index (χ2n) is 12.7. The molecule has 8 aromatic rings. The highest BCUT2D eigenvalue weighted by molar-refractivity contribution is 7.26. The third-order valence-corrected chi connectivity index (χ3v) is 12.8. The molecule has 10 heteroatoms. The van der Waals surface area contributed by atoms with Gasteiger partial charge in [0.25, 0.3) is 0 Å². The Labute approximate surface area is 268 Å². The second kappa shape index (κ2) is 8.11. The van der Waals surface area contributed by atoms with E-state index in [0.29, 0.717) is 23.5 Å². The molecule has 2 nitrogen and oxygen atoms in total. The first kappa shape index (κ1) is 26.5. The van der Waals surface area contributed by atoms with Crippen LogP contribution in [0.25, 0.3) is 51.4 Å². The number of fused-ring (bicyclic) bond motifs is 14. The number of rotatable bonds is 0. The Morgan fingerprint density at radius 2 is 0.979 bits per heavy atom. The Kier molecular flexibility index (Phi) is 4.58. The summed E-state index contributed by atoms with van der Waals surface area (Å²) in [6.45, 7) is 0. The summed E-state index contributed by atoms with van der Waals surface area (Å²) >= 11 is 3.40. The maximum Gasteiger partial charge on any atom is 0.417 e. The largest absolute Gasteiger partial charge is 0.417 e. The Hall–Kier alpha value is -4.54. The fraction of sp³-hybridized carbons (Fsp3) is 0.135. The van der Waals surface area contributed by atoms with Gasteiger partial charge in [-0.05, 0) is 70.8 Å². The van der Waals surface area contributed by atoms with Gasteiger partial charge in [0.2, 0.25) is 0 Å². The zero-order valence-corrected chi connectivity index (χ0v) is 25.3. The van der Waals surface area contributed by atoms with E-state index in [2.05, 4.69) is 48.5 Å². The lowest BCUT2D eigenvalue weighted by molar-refractivity contribution is -0.161. The molecule has 3 heterocycles. The van der Waals surface area contributed by atoms with Gasteiger partial charge in [-0.3, -0.25) is 0 Å². The normalized spacial score (nSPS) is 21.1. The van der Waals surface area contributed by atoms with E-state index in [9.17, 15) is 26.3 Å². The van der Waals surface area contributed by atoms with E-state index in [4.69, 9.17) is 9.97 Å². The average Bonchev–Trinajstić information content (AvgIpc) is 3.63. The maximum atomic E-state index is 14.0. The van der Waals surface area contributed by atoms with Crippen molar-refractivity contribution >= 4 is 74.1 Å². The third kappa shape index (κ3) is 3.05. The fourth-order valence-corrected chi connectivity index (χ4v) is 11.1. The second-order valence-corrected chi connectivity index (χ2v) is 14.8. The minimum atomic E-state index is -5.21. The Balaban J connectivity index is 1.23. The molecule has 0 radical (unpaired) electrons. The third-order valence-electron chi connectivity index (χ3n) is 10.5. The zero-order valence-electron chi connectivity index (χ0n) is 23.7. The van der Waals surface area contributed by atoms with Crippen LogP contribution in [0.3, 0.4) is 0 Å². The van der Waals surface area contributed by atoms with Gasteiger partial charge in [-0.2, -0.15) is 26.3 Å². The molecule has 0 aliphatic heterocycles. The van der Waals surface area contributed by atoms with Crippen LogP contribution in [-0.2, 0) is 17.8 Å². The smallest absolute Gasteiger partial charge is 0.249 e. The summed E-state index contributed by atoms with van der Waals surface area (Å²) in [5, 5.41) is 4.53. The molecular formula is C37H16F6N2S2. The summed E-state index contributed by atoms with van der Waals surface area (Å²) in [4.78, 5) is 9.53. The molecule has 0 bridgehead atoms. The Morgan fingerprint density at radius 1 is 0.511 bits per heavy atom. The number of alkyl halides is 6. The number of benzene rings is 5. The highest BCUT2D eigenvalue weighted by atomic mass is 32.1. The van der Waals surface area contributed by atoms with Crippen LogP contribution in [0.4, 0.5) is 26.3 Å². The van der Waals surface area contributed by atoms with E-state index >= 15 is 0 Å². The number of halogens is 6. The van der Waals surface area contributed by atoms with E-state index in [1.807, 2.05) is 24.3 Å². The van der Waals surface area contributed by atoms with Crippen LogP contribution in [0.1, 0.15) is 56.6 Å². The van der Waals surface area contributed by atoms with E-state index in [-0.39, 0.29) is 22.9 Å². The van der Waals surface area contributed by atoms with Crippen molar-refractivity contribution < 1.29 is 26.3 Å². The summed E-state index contributed by atoms with van der Waals surface area (Å²) in [6, 6.07) is 26.3. The molecule has 3 aliphatic carbocycles. The minimum absolute atomic E-state index is 0.187. The van der Waals surface area contributed by atoms with Gasteiger partial charge < -0.3 is 0 Å². The SMILES string of the molecule is FC(F)(F)c1cc2nc3c(nc2cc1C(F)(F)F)C1c2cc4sc5ccccc5c4cc2C12c1cc4sc5ccccc5c4cc1C32. The number of aromatic nitrogens is 2. The quantitative estimate of drug-likeness (QED) is 0.151. The average molecular weight is 667 g/mol. The van der Waals surface area contributed by atoms with E-state index in [1.54, 1.807) is 22.7 Å². The van der Waals surface area contributed by atoms with Crippen LogP contribution in [-0.4, -0.2) is 9.97 Å². The predicted molar refractivity (Wildman–Crippen MR) is 173 cm³/mol. The summed E-state index contributed by atoms with van der Waals surface area (Å²) in [7, 11) is 0. The molecule has 0 saturated carbocycles. The number of hydrogen-bond donors (Lipinski definition) is 0. The van der Waals surface area contributed by atoms with Gasteiger partial charge in [0.1, 0.15) is 0 Å². The lowest BCUT2D eigenvalue weighted by Crippen LogP contribution is -2.52. The topological polar surface area (TPSA) is 25.8 Å². The van der Waals surface area contributed by atoms with Crippen molar-refractivity contribution in [1.82, 2.24) is 9.97 Å². The molecule has 3 unspecified atom stereocenters. The fourth-order valence-electron chi connectivity index (χ4n) is 8.79. The molecule has 3 aliphatic rings. The van der Waals surface area contributed by atoms with E-state index in [1.165, 1.54) is 9.40 Å². The number of nitrogens with zero attached hydrogens (tertiary/aromatic N) is 2. The molecule has 0 N–H and O–H groups in total. The first-order chi connectivity index (χ1) is 22.5. The molecule has 11 rings (SSSR count). The molecule has 47 heavy (non-hydrogen) atoms. The standard InChI is InChI=1S/C37H16F6N2S2/c38-36(39,40)23-12-25-26(13-24(23)37(41,42)43)45-34-32-20-11-29-18(16-6-2-4-8-28(16)46-29)10-21(20)35(32)22-14-30-17(9-19(22)31(35)33(34)44-25)15-5-1-3-7-27(15)47-30/h1-14,31-32H. The molecule has 0 saturated heterocycles. The highest BCUT2D eigenvalue weighted by Gasteiger charge is 2.71. The van der Waals surface area contributed by atoms with Gasteiger partial charge in [-0.15, -0.1) is 22.7 Å². The summed E-state index contributed by atoms with van der Waals surface area (Å²) < 4.78 is 88.3. The molecule has 228 valence electrons. The number of hydrogen-bond acceptors (Lipinski definition) is 4. The van der Waals surface area contributed by atoms with Crippen LogP contribution < -0.4 is 0 Å². The number of thiophene rings is 2. The van der Waals surface area contributed by atoms with Crippen molar-refractivity contribution in [2.24, 2.45) is 0 Å². The van der Waals surface area contributed by atoms with Gasteiger partial charge in [-0.25, -0.2) is 9.97 Å². The monoisotopic (exact) mass is 666 g/mol. The van der Waals surface area contributed by atoms with Crippen molar-refractivity contribution in [3.05, 3.63) is 130 Å². The first-order valence-corrected chi connectivity index (χ1v) is 16.6. The van der Waals surface area contributed by atoms with Crippen molar-refractivity contribution in [3.63, 3.8) is 0 Å². The van der Waals surface area contributed by atoms with E-state index in [0.717, 1.165) is 53.2 Å². The maximum absolute atomic E-state index is 14.0. The highest BCUT2D eigenvalue weighted by Crippen LogP contribution is 2.77. The molecule has 0 amide bonds. The molecule has 0 fully saturated rings. The predicted octanol–water partition coefficient (Wildman–Crippen LogP) is 11.3. The van der Waals surface area contributed by atoms with Gasteiger partial charge >= 0.3 is 12.4 Å². The van der Waals surface area contributed by atoms with Crippen LogP contribution in [0.15, 0.2) is 84.9 Å². The molecular weight excluding hydrogens is 651 g/mol. The van der Waals surface area contributed by atoms with Gasteiger partial charge in [0.15, 0.2) is 0 Å². The summed E-state index contributed by atoms with van der Waals surface area (Å²) in [5.74, 6) is -0.566. The first-order valence-electron chi connectivity index (χ1n) is 14.9. The summed E-state index contributed by atoms with van der Waals surface area (Å²) in [5.41, 5.74) is 1.03.